The highest BCUT2D eigenvalue weighted by Crippen LogP contribution is 2.32. The Kier molecular flexibility index (Phi) is 4.26. The van der Waals surface area contributed by atoms with E-state index in [1.54, 1.807) is 0 Å². The molecule has 1 aromatic carbocycles. The average Bonchev–Trinajstić information content (AvgIpc) is 2.41. The maximum absolute atomic E-state index is 13.6. The van der Waals surface area contributed by atoms with E-state index in [-0.39, 0.29) is 12.5 Å². The number of benzene rings is 1. The highest BCUT2D eigenvalue weighted by atomic mass is 19.2. The van der Waals surface area contributed by atoms with Gasteiger partial charge in [0.05, 0.1) is 11.5 Å². The molecule has 1 heterocycles. The number of hydrogen-bond donors (Lipinski definition) is 1. The normalized spacial score (nSPS) is 16.3. The molecule has 0 saturated carbocycles. The Bertz CT molecular complexity index is 476. The topological polar surface area (TPSA) is 64.4 Å². The Morgan fingerprint density at radius 2 is 2.05 bits per heavy atom. The molecule has 0 radical (unpaired) electrons. The fourth-order valence-corrected chi connectivity index (χ4v) is 2.05. The molecule has 1 aromatic rings. The molecule has 1 aliphatic rings. The van der Waals surface area contributed by atoms with Crippen LogP contribution in [-0.4, -0.2) is 24.6 Å². The van der Waals surface area contributed by atoms with Crippen molar-refractivity contribution in [3.63, 3.8) is 0 Å². The summed E-state index contributed by atoms with van der Waals surface area (Å²) in [5.41, 5.74) is -0.548. The fraction of sp³-hybridized carbons (Fsp3) is 0.500. The molecule has 1 fully saturated rings. The number of nitrogens with zero attached hydrogens (tertiary/aromatic N) is 1. The van der Waals surface area contributed by atoms with Crippen molar-refractivity contribution in [2.45, 2.75) is 12.8 Å². The van der Waals surface area contributed by atoms with Crippen molar-refractivity contribution in [1.82, 2.24) is 5.32 Å². The number of nitro benzene ring substituents is 1. The standard InChI is InChI=1S/C12H14F2N2O3/c13-9-1-2-10(16(17)18)12(11(9)14)19-7-8-3-5-15-6-4-8/h1-2,8,15H,3-7H2. The van der Waals surface area contributed by atoms with Gasteiger partial charge in [0, 0.05) is 6.07 Å². The number of piperidine rings is 1. The van der Waals surface area contributed by atoms with Gasteiger partial charge in [0.15, 0.2) is 5.82 Å². The first-order valence-electron chi connectivity index (χ1n) is 6.05. The molecule has 19 heavy (non-hydrogen) atoms. The molecule has 0 bridgehead atoms. The molecule has 1 saturated heterocycles. The quantitative estimate of drug-likeness (QED) is 0.674. The van der Waals surface area contributed by atoms with Crippen molar-refractivity contribution in [2.75, 3.05) is 19.7 Å². The van der Waals surface area contributed by atoms with Gasteiger partial charge in [0.25, 0.3) is 0 Å². The van der Waals surface area contributed by atoms with E-state index in [0.29, 0.717) is 0 Å². The van der Waals surface area contributed by atoms with Crippen molar-refractivity contribution in [3.05, 3.63) is 33.9 Å². The molecule has 0 aliphatic carbocycles. The summed E-state index contributed by atoms with van der Waals surface area (Å²) < 4.78 is 31.8. The molecule has 0 atom stereocenters. The third-order valence-electron chi connectivity index (χ3n) is 3.15. The summed E-state index contributed by atoms with van der Waals surface area (Å²) in [5, 5.41) is 13.9. The number of rotatable bonds is 4. The summed E-state index contributed by atoms with van der Waals surface area (Å²) in [5.74, 6) is -2.86. The maximum Gasteiger partial charge on any atom is 0.314 e. The molecular formula is C12H14F2N2O3. The van der Waals surface area contributed by atoms with Crippen molar-refractivity contribution < 1.29 is 18.4 Å². The minimum absolute atomic E-state index is 0.156. The average molecular weight is 272 g/mol. The second kappa shape index (κ2) is 5.92. The highest BCUT2D eigenvalue weighted by molar-refractivity contribution is 5.47. The Labute approximate surface area is 108 Å². The molecule has 1 N–H and O–H groups in total. The number of halogens is 2. The Balaban J connectivity index is 2.13. The molecule has 0 unspecified atom stereocenters. The van der Waals surface area contributed by atoms with E-state index < -0.39 is 28.0 Å². The van der Waals surface area contributed by atoms with Gasteiger partial charge in [0.1, 0.15) is 0 Å². The third kappa shape index (κ3) is 3.17. The molecule has 0 aromatic heterocycles. The van der Waals surface area contributed by atoms with E-state index in [9.17, 15) is 18.9 Å². The monoisotopic (exact) mass is 272 g/mol. The van der Waals surface area contributed by atoms with Crippen LogP contribution in [0.5, 0.6) is 5.75 Å². The summed E-state index contributed by atoms with van der Waals surface area (Å²) in [6.07, 6.45) is 1.70. The van der Waals surface area contributed by atoms with E-state index in [2.05, 4.69) is 5.32 Å². The first-order valence-corrected chi connectivity index (χ1v) is 6.05. The summed E-state index contributed by atoms with van der Waals surface area (Å²) in [7, 11) is 0. The van der Waals surface area contributed by atoms with Crippen LogP contribution in [0.15, 0.2) is 12.1 Å². The molecule has 2 rings (SSSR count). The Morgan fingerprint density at radius 3 is 2.68 bits per heavy atom. The van der Waals surface area contributed by atoms with E-state index >= 15 is 0 Å². The number of nitro groups is 1. The van der Waals surface area contributed by atoms with Gasteiger partial charge in [0.2, 0.25) is 11.6 Å². The van der Waals surface area contributed by atoms with Crippen molar-refractivity contribution in [3.8, 4) is 5.75 Å². The summed E-state index contributed by atoms with van der Waals surface area (Å²) in [6.45, 7) is 1.83. The van der Waals surface area contributed by atoms with Crippen LogP contribution in [0.2, 0.25) is 0 Å². The predicted octanol–water partition coefficient (Wildman–Crippen LogP) is 2.25. The molecule has 0 amide bonds. The lowest BCUT2D eigenvalue weighted by Crippen LogP contribution is -2.30. The lowest BCUT2D eigenvalue weighted by Gasteiger charge is -2.22. The number of nitrogens with one attached hydrogen (secondary N) is 1. The molecular weight excluding hydrogens is 258 g/mol. The van der Waals surface area contributed by atoms with Gasteiger partial charge in [-0.15, -0.1) is 0 Å². The SMILES string of the molecule is O=[N+]([O-])c1ccc(F)c(F)c1OCC1CCNCC1. The summed E-state index contributed by atoms with van der Waals surface area (Å²) in [4.78, 5) is 9.99. The van der Waals surface area contributed by atoms with E-state index in [0.717, 1.165) is 38.1 Å². The molecule has 5 nitrogen and oxygen atoms in total. The number of ether oxygens (including phenoxy) is 1. The zero-order valence-corrected chi connectivity index (χ0v) is 10.2. The Hall–Kier alpha value is -1.76. The minimum Gasteiger partial charge on any atom is -0.484 e. The molecule has 104 valence electrons. The third-order valence-corrected chi connectivity index (χ3v) is 3.15. The van der Waals surface area contributed by atoms with Crippen LogP contribution in [0.25, 0.3) is 0 Å². The lowest BCUT2D eigenvalue weighted by molar-refractivity contribution is -0.386. The van der Waals surface area contributed by atoms with E-state index in [4.69, 9.17) is 4.74 Å². The van der Waals surface area contributed by atoms with E-state index in [1.807, 2.05) is 0 Å². The van der Waals surface area contributed by atoms with Crippen LogP contribution in [0.3, 0.4) is 0 Å². The first-order chi connectivity index (χ1) is 9.09. The van der Waals surface area contributed by atoms with Crippen LogP contribution >= 0.6 is 0 Å². The molecule has 7 heteroatoms. The molecule has 1 aliphatic heterocycles. The largest absolute Gasteiger partial charge is 0.484 e. The smallest absolute Gasteiger partial charge is 0.314 e. The van der Waals surface area contributed by atoms with Gasteiger partial charge in [-0.25, -0.2) is 4.39 Å². The van der Waals surface area contributed by atoms with Crippen molar-refractivity contribution in [1.29, 1.82) is 0 Å². The summed E-state index contributed by atoms with van der Waals surface area (Å²) in [6, 6.07) is 1.64. The second-order valence-electron chi connectivity index (χ2n) is 4.47. The zero-order valence-electron chi connectivity index (χ0n) is 10.2. The van der Waals surface area contributed by atoms with Gasteiger partial charge in [-0.1, -0.05) is 0 Å². The molecule has 0 spiro atoms. The lowest BCUT2D eigenvalue weighted by atomic mass is 9.99. The highest BCUT2D eigenvalue weighted by Gasteiger charge is 2.24. The van der Waals surface area contributed by atoms with Gasteiger partial charge in [-0.3, -0.25) is 10.1 Å². The van der Waals surface area contributed by atoms with Crippen molar-refractivity contribution in [2.24, 2.45) is 5.92 Å². The second-order valence-corrected chi connectivity index (χ2v) is 4.47. The van der Waals surface area contributed by atoms with Crippen LogP contribution in [-0.2, 0) is 0 Å². The van der Waals surface area contributed by atoms with Crippen LogP contribution < -0.4 is 10.1 Å². The van der Waals surface area contributed by atoms with Gasteiger partial charge in [-0.2, -0.15) is 4.39 Å². The van der Waals surface area contributed by atoms with Crippen molar-refractivity contribution >= 4 is 5.69 Å². The Morgan fingerprint density at radius 1 is 1.37 bits per heavy atom. The number of hydrogen-bond acceptors (Lipinski definition) is 4. The van der Waals surface area contributed by atoms with Crippen LogP contribution in [0, 0.1) is 27.7 Å². The predicted molar refractivity (Wildman–Crippen MR) is 64.1 cm³/mol. The fourth-order valence-electron chi connectivity index (χ4n) is 2.05. The summed E-state index contributed by atoms with van der Waals surface area (Å²) >= 11 is 0. The van der Waals surface area contributed by atoms with Gasteiger partial charge >= 0.3 is 5.69 Å². The van der Waals surface area contributed by atoms with Crippen LogP contribution in [0.1, 0.15) is 12.8 Å². The van der Waals surface area contributed by atoms with Crippen LogP contribution in [0.4, 0.5) is 14.5 Å². The zero-order chi connectivity index (χ0) is 13.8. The van der Waals surface area contributed by atoms with E-state index in [1.165, 1.54) is 0 Å². The van der Waals surface area contributed by atoms with Gasteiger partial charge < -0.3 is 10.1 Å². The van der Waals surface area contributed by atoms with Gasteiger partial charge in [-0.05, 0) is 37.9 Å². The minimum atomic E-state index is -1.30. The maximum atomic E-state index is 13.6. The first kappa shape index (κ1) is 13.7.